The van der Waals surface area contributed by atoms with Crippen LogP contribution in [0.3, 0.4) is 0 Å². The van der Waals surface area contributed by atoms with E-state index in [4.69, 9.17) is 16.2 Å². The molecule has 1 aromatic carbocycles. The maximum absolute atomic E-state index is 12.8. The zero-order valence-electron chi connectivity index (χ0n) is 16.1. The third-order valence-corrected chi connectivity index (χ3v) is 7.46. The topological polar surface area (TPSA) is 154 Å². The molecule has 11 heteroatoms. The lowest BCUT2D eigenvalue weighted by Gasteiger charge is -2.41. The van der Waals surface area contributed by atoms with Gasteiger partial charge in [-0.3, -0.25) is 10.1 Å². The van der Waals surface area contributed by atoms with Gasteiger partial charge in [-0.1, -0.05) is 12.1 Å². The minimum Gasteiger partial charge on any atom is -0.497 e. The van der Waals surface area contributed by atoms with E-state index in [2.05, 4.69) is 4.99 Å². The van der Waals surface area contributed by atoms with Crippen molar-refractivity contribution in [2.24, 2.45) is 22.4 Å². The Morgan fingerprint density at radius 3 is 2.48 bits per heavy atom. The monoisotopic (exact) mass is 423 g/mol. The SMILES string of the molecule is COc1ccc(CS(=O)(=O)N2CCC(C3(N)C=CN=C(N)C3[N+](=O)[O-])CC2)cc1. The molecule has 2 unspecified atom stereocenters. The highest BCUT2D eigenvalue weighted by Crippen LogP contribution is 2.34. The number of hydrogen-bond acceptors (Lipinski definition) is 8. The maximum Gasteiger partial charge on any atom is 0.290 e. The molecule has 0 bridgehead atoms. The van der Waals surface area contributed by atoms with Crippen molar-refractivity contribution in [3.63, 3.8) is 0 Å². The van der Waals surface area contributed by atoms with Crippen molar-refractivity contribution < 1.29 is 18.1 Å². The van der Waals surface area contributed by atoms with Gasteiger partial charge in [-0.25, -0.2) is 17.7 Å². The molecular formula is C18H25N5O5S. The van der Waals surface area contributed by atoms with Crippen LogP contribution in [-0.4, -0.2) is 55.3 Å². The largest absolute Gasteiger partial charge is 0.497 e. The van der Waals surface area contributed by atoms with Crippen LogP contribution < -0.4 is 16.2 Å². The van der Waals surface area contributed by atoms with E-state index in [1.165, 1.54) is 16.6 Å². The van der Waals surface area contributed by atoms with Crippen molar-refractivity contribution in [2.75, 3.05) is 20.2 Å². The zero-order chi connectivity index (χ0) is 21.2. The van der Waals surface area contributed by atoms with E-state index in [9.17, 15) is 18.5 Å². The average molecular weight is 423 g/mol. The number of amidine groups is 1. The van der Waals surface area contributed by atoms with E-state index in [0.717, 1.165) is 0 Å². The Balaban J connectivity index is 1.68. The first-order valence-electron chi connectivity index (χ1n) is 9.21. The fraction of sp³-hybridized carbons (Fsp3) is 0.500. The van der Waals surface area contributed by atoms with Gasteiger partial charge in [0.05, 0.1) is 12.9 Å². The molecule has 0 spiro atoms. The molecule has 29 heavy (non-hydrogen) atoms. The number of nitrogens with two attached hydrogens (primary N) is 2. The van der Waals surface area contributed by atoms with E-state index >= 15 is 0 Å². The predicted octanol–water partition coefficient (Wildman–Crippen LogP) is 0.464. The van der Waals surface area contributed by atoms with Crippen LogP contribution in [0.5, 0.6) is 5.75 Å². The van der Waals surface area contributed by atoms with E-state index in [0.29, 0.717) is 24.2 Å². The minimum atomic E-state index is -3.52. The van der Waals surface area contributed by atoms with Gasteiger partial charge < -0.3 is 16.2 Å². The number of nitro groups is 1. The van der Waals surface area contributed by atoms with Crippen LogP contribution in [0, 0.1) is 16.0 Å². The first-order valence-corrected chi connectivity index (χ1v) is 10.8. The summed E-state index contributed by atoms with van der Waals surface area (Å²) in [5, 5.41) is 11.5. The summed E-state index contributed by atoms with van der Waals surface area (Å²) >= 11 is 0. The number of benzene rings is 1. The van der Waals surface area contributed by atoms with E-state index in [-0.39, 0.29) is 30.6 Å². The first-order chi connectivity index (χ1) is 13.7. The first kappa shape index (κ1) is 21.2. The summed E-state index contributed by atoms with van der Waals surface area (Å²) in [4.78, 5) is 14.8. The van der Waals surface area contributed by atoms with Gasteiger partial charge in [-0.2, -0.15) is 0 Å². The molecule has 158 valence electrons. The zero-order valence-corrected chi connectivity index (χ0v) is 16.9. The van der Waals surface area contributed by atoms with Crippen molar-refractivity contribution in [1.82, 2.24) is 4.31 Å². The minimum absolute atomic E-state index is 0.119. The molecule has 1 aromatic rings. The second-order valence-corrected chi connectivity index (χ2v) is 9.30. The van der Waals surface area contributed by atoms with Crippen LogP contribution in [-0.2, 0) is 15.8 Å². The smallest absolute Gasteiger partial charge is 0.290 e. The highest BCUT2D eigenvalue weighted by Gasteiger charge is 2.52. The van der Waals surface area contributed by atoms with Crippen molar-refractivity contribution >= 4 is 15.9 Å². The van der Waals surface area contributed by atoms with Crippen molar-refractivity contribution in [3.05, 3.63) is 52.2 Å². The summed E-state index contributed by atoms with van der Waals surface area (Å²) < 4.78 is 32.1. The van der Waals surface area contributed by atoms with Gasteiger partial charge in [0.1, 0.15) is 11.3 Å². The number of ether oxygens (including phenoxy) is 1. The number of aliphatic imine (C=N–C) groups is 1. The van der Waals surface area contributed by atoms with Gasteiger partial charge in [0.15, 0.2) is 5.84 Å². The molecule has 1 fully saturated rings. The summed E-state index contributed by atoms with van der Waals surface area (Å²) in [6, 6.07) is 5.55. The third-order valence-electron chi connectivity index (χ3n) is 5.61. The molecule has 1 saturated heterocycles. The van der Waals surface area contributed by atoms with Gasteiger partial charge in [-0.15, -0.1) is 0 Å². The molecule has 10 nitrogen and oxygen atoms in total. The van der Waals surface area contributed by atoms with Crippen LogP contribution in [0.2, 0.25) is 0 Å². The maximum atomic E-state index is 12.8. The van der Waals surface area contributed by atoms with E-state index in [1.807, 2.05) is 0 Å². The highest BCUT2D eigenvalue weighted by atomic mass is 32.2. The molecule has 2 heterocycles. The summed E-state index contributed by atoms with van der Waals surface area (Å²) in [7, 11) is -1.97. The van der Waals surface area contributed by atoms with E-state index in [1.54, 1.807) is 31.4 Å². The molecular weight excluding hydrogens is 398 g/mol. The summed E-state index contributed by atoms with van der Waals surface area (Å²) in [6.07, 6.45) is 3.71. The lowest BCUT2D eigenvalue weighted by atomic mass is 9.73. The van der Waals surface area contributed by atoms with Gasteiger partial charge in [0.2, 0.25) is 10.0 Å². The Morgan fingerprint density at radius 2 is 1.93 bits per heavy atom. The van der Waals surface area contributed by atoms with Crippen molar-refractivity contribution in [2.45, 2.75) is 30.2 Å². The predicted molar refractivity (Wildman–Crippen MR) is 108 cm³/mol. The van der Waals surface area contributed by atoms with Crippen LogP contribution in [0.4, 0.5) is 0 Å². The lowest BCUT2D eigenvalue weighted by Crippen LogP contribution is -2.65. The number of nitrogens with zero attached hydrogens (tertiary/aromatic N) is 3. The quantitative estimate of drug-likeness (QED) is 0.498. The third kappa shape index (κ3) is 4.26. The molecule has 0 saturated carbocycles. The van der Waals surface area contributed by atoms with Gasteiger partial charge in [0, 0.05) is 24.2 Å². The summed E-state index contributed by atoms with van der Waals surface area (Å²) in [5.74, 6) is 0.126. The highest BCUT2D eigenvalue weighted by molar-refractivity contribution is 7.88. The fourth-order valence-corrected chi connectivity index (χ4v) is 5.54. The molecule has 0 aromatic heterocycles. The lowest BCUT2D eigenvalue weighted by molar-refractivity contribution is -0.513. The number of sulfonamides is 1. The Hall–Kier alpha value is -2.50. The van der Waals surface area contributed by atoms with Crippen LogP contribution in [0.25, 0.3) is 0 Å². The Labute approximate surface area is 169 Å². The number of piperidine rings is 1. The number of hydrogen-bond donors (Lipinski definition) is 2. The Bertz CT molecular complexity index is 922. The average Bonchev–Trinajstić information content (AvgIpc) is 2.68. The second kappa shape index (κ2) is 8.09. The van der Waals surface area contributed by atoms with Gasteiger partial charge in [0.25, 0.3) is 6.04 Å². The second-order valence-electron chi connectivity index (χ2n) is 7.34. The van der Waals surface area contributed by atoms with Crippen LogP contribution >= 0.6 is 0 Å². The molecule has 2 aliphatic heterocycles. The van der Waals surface area contributed by atoms with Crippen molar-refractivity contribution in [3.8, 4) is 5.75 Å². The molecule has 2 aliphatic rings. The van der Waals surface area contributed by atoms with Crippen molar-refractivity contribution in [1.29, 1.82) is 0 Å². The molecule has 0 amide bonds. The fourth-order valence-electron chi connectivity index (χ4n) is 3.98. The Morgan fingerprint density at radius 1 is 1.31 bits per heavy atom. The molecule has 3 rings (SSSR count). The molecule has 2 atom stereocenters. The number of methoxy groups -OCH3 is 1. The van der Waals surface area contributed by atoms with Crippen LogP contribution in [0.15, 0.2) is 41.5 Å². The normalized spacial score (nSPS) is 26.1. The van der Waals surface area contributed by atoms with Crippen LogP contribution in [0.1, 0.15) is 18.4 Å². The van der Waals surface area contributed by atoms with Gasteiger partial charge >= 0.3 is 0 Å². The van der Waals surface area contributed by atoms with Gasteiger partial charge in [-0.05, 0) is 42.5 Å². The number of rotatable bonds is 6. The summed E-state index contributed by atoms with van der Waals surface area (Å²) in [5.41, 5.74) is 11.5. The summed E-state index contributed by atoms with van der Waals surface area (Å²) in [6.45, 7) is 0.495. The molecule has 0 aliphatic carbocycles. The molecule has 4 N–H and O–H groups in total. The molecule has 0 radical (unpaired) electrons. The van der Waals surface area contributed by atoms with E-state index < -0.39 is 26.5 Å². The Kier molecular flexibility index (Phi) is 5.92. The standard InChI is InChI=1S/C18H25N5O5S/c1-28-15-4-2-13(3-5-15)12-29(26,27)22-10-6-14(7-11-22)18(20)8-9-21-17(19)16(18)23(24)25/h2-5,8-9,14,16H,6-7,10-12,20H2,1H3,(H2,19,21).